The molecule has 0 N–H and O–H groups in total. The van der Waals surface area contributed by atoms with Crippen LogP contribution in [0.3, 0.4) is 0 Å². The average Bonchev–Trinajstić information content (AvgIpc) is 3.31. The van der Waals surface area contributed by atoms with Gasteiger partial charge in [-0.2, -0.15) is 10.2 Å². The van der Waals surface area contributed by atoms with E-state index in [2.05, 4.69) is 20.8 Å². The molecule has 4 aromatic rings. The van der Waals surface area contributed by atoms with Gasteiger partial charge in [-0.1, -0.05) is 0 Å². The summed E-state index contributed by atoms with van der Waals surface area (Å²) in [6, 6.07) is 9.20. The van der Waals surface area contributed by atoms with Gasteiger partial charge in [0.1, 0.15) is 17.8 Å². The number of aryl methyl sites for hydroxylation is 2. The van der Waals surface area contributed by atoms with E-state index < -0.39 is 0 Å². The van der Waals surface area contributed by atoms with Crippen LogP contribution < -0.4 is 0 Å². The Morgan fingerprint density at radius 3 is 2.88 bits per heavy atom. The van der Waals surface area contributed by atoms with Crippen molar-refractivity contribution in [3.05, 3.63) is 59.9 Å². The van der Waals surface area contributed by atoms with E-state index in [9.17, 15) is 4.39 Å². The molecule has 1 aliphatic rings. The summed E-state index contributed by atoms with van der Waals surface area (Å²) in [5, 5.41) is 9.06. The molecule has 0 bridgehead atoms. The highest BCUT2D eigenvalue weighted by atomic mass is 19.1. The first kappa shape index (κ1) is 14.3. The second-order valence-corrected chi connectivity index (χ2v) is 6.44. The van der Waals surface area contributed by atoms with Gasteiger partial charge in [0, 0.05) is 35.1 Å². The van der Waals surface area contributed by atoms with Crippen LogP contribution >= 0.6 is 0 Å². The fraction of sp³-hybridized carbons (Fsp3) is 0.211. The van der Waals surface area contributed by atoms with Gasteiger partial charge in [0.05, 0.1) is 0 Å². The summed E-state index contributed by atoms with van der Waals surface area (Å²) in [5.74, 6) is -0.193. The zero-order chi connectivity index (χ0) is 17.0. The first-order valence-corrected chi connectivity index (χ1v) is 8.37. The highest BCUT2D eigenvalue weighted by Crippen LogP contribution is 2.37. The zero-order valence-corrected chi connectivity index (χ0v) is 13.8. The van der Waals surface area contributed by atoms with Gasteiger partial charge in [0.2, 0.25) is 0 Å². The second-order valence-electron chi connectivity index (χ2n) is 6.44. The SMILES string of the molecule is Cc1cc(-c2nn3c(c2-c2ccc4ncnn4c2)CCC3)ccc1F. The number of halogens is 1. The molecule has 1 aliphatic heterocycles. The predicted octanol–water partition coefficient (Wildman–Crippen LogP) is 3.65. The Morgan fingerprint density at radius 1 is 1.12 bits per heavy atom. The molecular weight excluding hydrogens is 317 g/mol. The molecule has 5 rings (SSSR count). The van der Waals surface area contributed by atoms with Gasteiger partial charge in [-0.15, -0.1) is 0 Å². The van der Waals surface area contributed by atoms with Crippen LogP contribution in [-0.2, 0) is 13.0 Å². The normalized spacial score (nSPS) is 13.5. The summed E-state index contributed by atoms with van der Waals surface area (Å²) in [6.07, 6.45) is 5.63. The molecule has 0 radical (unpaired) electrons. The number of benzene rings is 1. The standard InChI is InChI=1S/C19H16FN5/c1-12-9-13(4-6-15(12)20)19-18(16-3-2-8-24(16)23-19)14-5-7-17-21-11-22-25(17)10-14/h4-7,9-11H,2-3,8H2,1H3. The second kappa shape index (κ2) is 5.24. The Bertz CT molecular complexity index is 1110. The third kappa shape index (κ3) is 2.17. The smallest absolute Gasteiger partial charge is 0.155 e. The van der Waals surface area contributed by atoms with Gasteiger partial charge in [0.15, 0.2) is 5.65 Å². The number of nitrogens with zero attached hydrogens (tertiary/aromatic N) is 5. The lowest BCUT2D eigenvalue weighted by molar-refractivity contribution is 0.618. The van der Waals surface area contributed by atoms with Crippen LogP contribution in [0.5, 0.6) is 0 Å². The average molecular weight is 333 g/mol. The van der Waals surface area contributed by atoms with E-state index in [4.69, 9.17) is 5.10 Å². The van der Waals surface area contributed by atoms with E-state index >= 15 is 0 Å². The van der Waals surface area contributed by atoms with Crippen LogP contribution in [-0.4, -0.2) is 24.4 Å². The van der Waals surface area contributed by atoms with Gasteiger partial charge in [-0.25, -0.2) is 13.9 Å². The molecule has 25 heavy (non-hydrogen) atoms. The monoisotopic (exact) mass is 333 g/mol. The van der Waals surface area contributed by atoms with E-state index in [0.29, 0.717) is 5.56 Å². The van der Waals surface area contributed by atoms with Crippen molar-refractivity contribution in [2.75, 3.05) is 0 Å². The number of aromatic nitrogens is 5. The third-order valence-corrected chi connectivity index (χ3v) is 4.84. The molecule has 0 amide bonds. The molecule has 3 aromatic heterocycles. The van der Waals surface area contributed by atoms with E-state index in [1.54, 1.807) is 23.8 Å². The van der Waals surface area contributed by atoms with Crippen LogP contribution in [0.1, 0.15) is 17.7 Å². The maximum Gasteiger partial charge on any atom is 0.155 e. The topological polar surface area (TPSA) is 48.0 Å². The molecule has 124 valence electrons. The van der Waals surface area contributed by atoms with Gasteiger partial charge in [-0.3, -0.25) is 4.68 Å². The van der Waals surface area contributed by atoms with Crippen molar-refractivity contribution in [2.24, 2.45) is 0 Å². The first-order chi connectivity index (χ1) is 12.2. The molecule has 4 heterocycles. The Balaban J connectivity index is 1.76. The maximum absolute atomic E-state index is 13.7. The van der Waals surface area contributed by atoms with Gasteiger partial charge in [-0.05, 0) is 55.7 Å². The molecule has 0 unspecified atom stereocenters. The van der Waals surface area contributed by atoms with Crippen LogP contribution in [0.4, 0.5) is 4.39 Å². The minimum Gasteiger partial charge on any atom is -0.268 e. The quantitative estimate of drug-likeness (QED) is 0.562. The molecule has 0 saturated heterocycles. The van der Waals surface area contributed by atoms with E-state index in [1.165, 1.54) is 11.8 Å². The van der Waals surface area contributed by atoms with Gasteiger partial charge >= 0.3 is 0 Å². The van der Waals surface area contributed by atoms with E-state index in [1.807, 2.05) is 18.3 Å². The number of hydrogen-bond donors (Lipinski definition) is 0. The van der Waals surface area contributed by atoms with Crippen molar-refractivity contribution >= 4 is 5.65 Å². The lowest BCUT2D eigenvalue weighted by Gasteiger charge is -2.07. The summed E-state index contributed by atoms with van der Waals surface area (Å²) in [4.78, 5) is 4.20. The summed E-state index contributed by atoms with van der Waals surface area (Å²) in [6.45, 7) is 2.71. The predicted molar refractivity (Wildman–Crippen MR) is 92.7 cm³/mol. The highest BCUT2D eigenvalue weighted by Gasteiger charge is 2.24. The van der Waals surface area contributed by atoms with Crippen LogP contribution in [0.15, 0.2) is 42.9 Å². The van der Waals surface area contributed by atoms with E-state index in [0.717, 1.165) is 47.4 Å². The van der Waals surface area contributed by atoms with Gasteiger partial charge < -0.3 is 0 Å². The number of pyridine rings is 1. The molecule has 0 atom stereocenters. The Kier molecular flexibility index (Phi) is 3.00. The molecule has 6 heteroatoms. The fourth-order valence-electron chi connectivity index (χ4n) is 3.59. The van der Waals surface area contributed by atoms with Crippen LogP contribution in [0, 0.1) is 12.7 Å². The molecule has 5 nitrogen and oxygen atoms in total. The number of rotatable bonds is 2. The van der Waals surface area contributed by atoms with Crippen molar-refractivity contribution in [3.8, 4) is 22.4 Å². The van der Waals surface area contributed by atoms with Crippen molar-refractivity contribution in [1.29, 1.82) is 0 Å². The van der Waals surface area contributed by atoms with Crippen molar-refractivity contribution in [2.45, 2.75) is 26.3 Å². The molecule has 0 aliphatic carbocycles. The fourth-order valence-corrected chi connectivity index (χ4v) is 3.59. The Hall–Kier alpha value is -3.02. The summed E-state index contributed by atoms with van der Waals surface area (Å²) in [5.41, 5.74) is 6.68. The molecule has 0 fully saturated rings. The van der Waals surface area contributed by atoms with Crippen molar-refractivity contribution in [1.82, 2.24) is 24.4 Å². The van der Waals surface area contributed by atoms with E-state index in [-0.39, 0.29) is 5.82 Å². The maximum atomic E-state index is 13.7. The zero-order valence-electron chi connectivity index (χ0n) is 13.8. The largest absolute Gasteiger partial charge is 0.268 e. The summed E-state index contributed by atoms with van der Waals surface area (Å²) in [7, 11) is 0. The molecule has 1 aromatic carbocycles. The summed E-state index contributed by atoms with van der Waals surface area (Å²) >= 11 is 0. The van der Waals surface area contributed by atoms with Crippen LogP contribution in [0.25, 0.3) is 28.0 Å². The lowest BCUT2D eigenvalue weighted by Crippen LogP contribution is -1.94. The van der Waals surface area contributed by atoms with Crippen molar-refractivity contribution < 1.29 is 4.39 Å². The number of hydrogen-bond acceptors (Lipinski definition) is 3. The lowest BCUT2D eigenvalue weighted by atomic mass is 9.98. The summed E-state index contributed by atoms with van der Waals surface area (Å²) < 4.78 is 17.5. The van der Waals surface area contributed by atoms with Crippen molar-refractivity contribution in [3.63, 3.8) is 0 Å². The molecule has 0 spiro atoms. The molecular formula is C19H16FN5. The Morgan fingerprint density at radius 2 is 2.00 bits per heavy atom. The third-order valence-electron chi connectivity index (χ3n) is 4.84. The Labute approximate surface area is 143 Å². The van der Waals surface area contributed by atoms with Crippen LogP contribution in [0.2, 0.25) is 0 Å². The minimum atomic E-state index is -0.193. The highest BCUT2D eigenvalue weighted by molar-refractivity contribution is 5.83. The van der Waals surface area contributed by atoms with Gasteiger partial charge in [0.25, 0.3) is 0 Å². The first-order valence-electron chi connectivity index (χ1n) is 8.37. The molecule has 0 saturated carbocycles. The minimum absolute atomic E-state index is 0.193. The number of fused-ring (bicyclic) bond motifs is 2.